The molecule has 0 aliphatic heterocycles. The van der Waals surface area contributed by atoms with Gasteiger partial charge in [-0.15, -0.1) is 10.2 Å². The number of nitrogens with zero attached hydrogens (tertiary/aromatic N) is 2. The molecule has 1 amide bonds. The molecule has 0 spiro atoms. The van der Waals surface area contributed by atoms with Crippen LogP contribution in [0.1, 0.15) is 47.5 Å². The van der Waals surface area contributed by atoms with Crippen molar-refractivity contribution in [3.63, 3.8) is 0 Å². The Balaban J connectivity index is 1.61. The molecule has 0 fully saturated rings. The lowest BCUT2D eigenvalue weighted by Gasteiger charge is -2.02. The topological polar surface area (TPSA) is 102 Å². The maximum absolute atomic E-state index is 12.4. The number of furan rings is 1. The number of aryl methyl sites for hydroxylation is 1. The zero-order valence-electron chi connectivity index (χ0n) is 15.4. The first-order valence-electron chi connectivity index (χ1n) is 8.98. The number of amides is 1. The lowest BCUT2D eigenvalue weighted by Crippen LogP contribution is -2.10. The number of carbonyl (C=O) groups excluding carboxylic acids is 1. The summed E-state index contributed by atoms with van der Waals surface area (Å²) < 4.78 is 30.2. The van der Waals surface area contributed by atoms with Crippen LogP contribution in [-0.2, 0) is 22.0 Å². The van der Waals surface area contributed by atoms with Gasteiger partial charge in [0.1, 0.15) is 16.5 Å². The molecule has 0 radical (unpaired) electrons. The summed E-state index contributed by atoms with van der Waals surface area (Å²) in [6.07, 6.45) is 4.13. The molecule has 148 valence electrons. The molecule has 2 heterocycles. The molecule has 1 N–H and O–H groups in total. The number of rotatable bonds is 9. The van der Waals surface area contributed by atoms with Gasteiger partial charge >= 0.3 is 0 Å². The van der Waals surface area contributed by atoms with Crippen molar-refractivity contribution >= 4 is 32.2 Å². The van der Waals surface area contributed by atoms with Gasteiger partial charge in [-0.3, -0.25) is 10.1 Å². The van der Waals surface area contributed by atoms with Gasteiger partial charge in [0.05, 0.1) is 4.90 Å². The fourth-order valence-electron chi connectivity index (χ4n) is 2.57. The molecule has 0 atom stereocenters. The Morgan fingerprint density at radius 3 is 2.64 bits per heavy atom. The van der Waals surface area contributed by atoms with E-state index in [1.165, 1.54) is 35.6 Å². The summed E-state index contributed by atoms with van der Waals surface area (Å²) in [5.74, 6) is -0.572. The first kappa shape index (κ1) is 20.2. The summed E-state index contributed by atoms with van der Waals surface area (Å²) in [5.41, 5.74) is 0. The number of aromatic nitrogens is 2. The van der Waals surface area contributed by atoms with Crippen molar-refractivity contribution in [1.29, 1.82) is 0 Å². The Bertz CT molecular complexity index is 1030. The smallest absolute Gasteiger partial charge is 0.293 e. The van der Waals surface area contributed by atoms with Crippen LogP contribution < -0.4 is 5.32 Å². The highest BCUT2D eigenvalue weighted by atomic mass is 32.2. The largest absolute Gasteiger partial charge is 0.455 e. The Kier molecular flexibility index (Phi) is 6.58. The van der Waals surface area contributed by atoms with E-state index >= 15 is 0 Å². The van der Waals surface area contributed by atoms with E-state index in [0.29, 0.717) is 5.13 Å². The van der Waals surface area contributed by atoms with Crippen molar-refractivity contribution in [2.75, 3.05) is 5.32 Å². The average Bonchev–Trinajstić information content (AvgIpc) is 3.32. The fraction of sp³-hybridized carbons (Fsp3) is 0.316. The molecule has 0 saturated heterocycles. The molecule has 9 heteroatoms. The maximum atomic E-state index is 12.4. The van der Waals surface area contributed by atoms with E-state index in [2.05, 4.69) is 22.4 Å². The van der Waals surface area contributed by atoms with Gasteiger partial charge in [0.25, 0.3) is 5.91 Å². The third-order valence-electron chi connectivity index (χ3n) is 4.00. The first-order chi connectivity index (χ1) is 13.5. The van der Waals surface area contributed by atoms with Crippen molar-refractivity contribution in [3.05, 3.63) is 59.0 Å². The van der Waals surface area contributed by atoms with Gasteiger partial charge in [0, 0.05) is 6.42 Å². The highest BCUT2D eigenvalue weighted by Crippen LogP contribution is 2.21. The lowest BCUT2D eigenvalue weighted by molar-refractivity contribution is 0.0995. The van der Waals surface area contributed by atoms with E-state index in [9.17, 15) is 13.2 Å². The lowest BCUT2D eigenvalue weighted by atomic mass is 10.2. The van der Waals surface area contributed by atoms with E-state index in [1.807, 2.05) is 0 Å². The molecule has 1 aromatic carbocycles. The summed E-state index contributed by atoms with van der Waals surface area (Å²) in [5, 5.41) is 11.9. The predicted molar refractivity (Wildman–Crippen MR) is 107 cm³/mol. The van der Waals surface area contributed by atoms with Crippen molar-refractivity contribution < 1.29 is 17.6 Å². The van der Waals surface area contributed by atoms with E-state index in [1.54, 1.807) is 18.2 Å². The Morgan fingerprint density at radius 2 is 1.89 bits per heavy atom. The van der Waals surface area contributed by atoms with Crippen LogP contribution in [0.25, 0.3) is 0 Å². The van der Waals surface area contributed by atoms with E-state index in [0.717, 1.165) is 30.7 Å². The molecule has 7 nitrogen and oxygen atoms in total. The van der Waals surface area contributed by atoms with Crippen LogP contribution in [0.2, 0.25) is 0 Å². The Morgan fingerprint density at radius 1 is 1.11 bits per heavy atom. The normalized spacial score (nSPS) is 11.5. The van der Waals surface area contributed by atoms with Crippen LogP contribution in [-0.4, -0.2) is 24.5 Å². The van der Waals surface area contributed by atoms with Crippen molar-refractivity contribution in [3.8, 4) is 0 Å². The molecular formula is C19H21N3O4S2. The average molecular weight is 420 g/mol. The number of hydrogen-bond acceptors (Lipinski definition) is 7. The SMILES string of the molecule is CCCCCc1nnc(NC(=O)c2ccc(CS(=O)(=O)c3ccccc3)o2)s1. The zero-order valence-corrected chi connectivity index (χ0v) is 17.1. The monoisotopic (exact) mass is 419 g/mol. The molecule has 0 unspecified atom stereocenters. The molecule has 3 rings (SSSR count). The predicted octanol–water partition coefficient (Wildman–Crippen LogP) is 4.09. The van der Waals surface area contributed by atoms with Crippen LogP contribution in [0, 0.1) is 0 Å². The number of carbonyl (C=O) groups is 1. The van der Waals surface area contributed by atoms with Crippen molar-refractivity contribution in [1.82, 2.24) is 10.2 Å². The molecule has 28 heavy (non-hydrogen) atoms. The molecular weight excluding hydrogens is 398 g/mol. The van der Waals surface area contributed by atoms with Gasteiger partial charge in [-0.25, -0.2) is 8.42 Å². The standard InChI is InChI=1S/C19H21N3O4S2/c1-2-3-5-10-17-21-22-19(27-17)20-18(23)16-12-11-14(26-16)13-28(24,25)15-8-6-4-7-9-15/h4,6-9,11-12H,2-3,5,10,13H2,1H3,(H,20,22,23). The van der Waals surface area contributed by atoms with Crippen molar-refractivity contribution in [2.45, 2.75) is 43.3 Å². The van der Waals surface area contributed by atoms with Crippen LogP contribution in [0.5, 0.6) is 0 Å². The number of nitrogens with one attached hydrogen (secondary N) is 1. The molecule has 0 aliphatic carbocycles. The Hall–Kier alpha value is -2.52. The second-order valence-electron chi connectivity index (χ2n) is 6.25. The quantitative estimate of drug-likeness (QED) is 0.524. The molecule has 3 aromatic rings. The van der Waals surface area contributed by atoms with Crippen LogP contribution in [0.4, 0.5) is 5.13 Å². The molecule has 0 aliphatic rings. The first-order valence-corrected chi connectivity index (χ1v) is 11.4. The van der Waals surface area contributed by atoms with Gasteiger partial charge in [0.2, 0.25) is 5.13 Å². The minimum absolute atomic E-state index is 0.0287. The fourth-order valence-corrected chi connectivity index (χ4v) is 4.61. The second-order valence-corrected chi connectivity index (χ2v) is 9.30. The van der Waals surface area contributed by atoms with Crippen LogP contribution in [0.15, 0.2) is 51.8 Å². The van der Waals surface area contributed by atoms with E-state index in [4.69, 9.17) is 4.42 Å². The third kappa shape index (κ3) is 5.26. The molecule has 0 saturated carbocycles. The van der Waals surface area contributed by atoms with E-state index in [-0.39, 0.29) is 22.2 Å². The Labute approximate surface area is 167 Å². The summed E-state index contributed by atoms with van der Waals surface area (Å²) in [6, 6.07) is 11.1. The van der Waals surface area contributed by atoms with Crippen LogP contribution in [0.3, 0.4) is 0 Å². The summed E-state index contributed by atoms with van der Waals surface area (Å²) >= 11 is 1.33. The zero-order chi connectivity index (χ0) is 20.0. The van der Waals surface area contributed by atoms with Crippen LogP contribution >= 0.6 is 11.3 Å². The highest BCUT2D eigenvalue weighted by Gasteiger charge is 2.19. The highest BCUT2D eigenvalue weighted by molar-refractivity contribution is 7.90. The number of hydrogen-bond donors (Lipinski definition) is 1. The van der Waals surface area contributed by atoms with Gasteiger partial charge in [-0.05, 0) is 30.7 Å². The molecule has 0 bridgehead atoms. The summed E-state index contributed by atoms with van der Waals surface area (Å²) in [6.45, 7) is 2.13. The molecule has 2 aromatic heterocycles. The van der Waals surface area contributed by atoms with Gasteiger partial charge in [0.15, 0.2) is 15.6 Å². The minimum Gasteiger partial charge on any atom is -0.455 e. The maximum Gasteiger partial charge on any atom is 0.293 e. The third-order valence-corrected chi connectivity index (χ3v) is 6.55. The minimum atomic E-state index is -3.54. The van der Waals surface area contributed by atoms with E-state index < -0.39 is 15.7 Å². The number of anilines is 1. The summed E-state index contributed by atoms with van der Waals surface area (Å²) in [4.78, 5) is 12.5. The number of benzene rings is 1. The van der Waals surface area contributed by atoms with Gasteiger partial charge < -0.3 is 4.42 Å². The van der Waals surface area contributed by atoms with Crippen molar-refractivity contribution in [2.24, 2.45) is 0 Å². The van der Waals surface area contributed by atoms with Gasteiger partial charge in [-0.2, -0.15) is 0 Å². The summed E-state index contributed by atoms with van der Waals surface area (Å²) in [7, 11) is -3.54. The van der Waals surface area contributed by atoms with Gasteiger partial charge in [-0.1, -0.05) is 49.3 Å². The number of unbranched alkanes of at least 4 members (excludes halogenated alkanes) is 2. The number of sulfone groups is 1. The second kappa shape index (κ2) is 9.11.